The van der Waals surface area contributed by atoms with Gasteiger partial charge in [0.2, 0.25) is 0 Å². The first kappa shape index (κ1) is 15.0. The molecule has 1 aliphatic rings. The third-order valence-corrected chi connectivity index (χ3v) is 5.55. The van der Waals surface area contributed by atoms with Crippen LogP contribution in [0.25, 0.3) is 0 Å². The fourth-order valence-corrected chi connectivity index (χ4v) is 4.90. The van der Waals surface area contributed by atoms with Gasteiger partial charge in [0.15, 0.2) is 9.84 Å². The SMILES string of the molecule is COCC1(C(=O)O)C(c2ccc(C)cc2)C1S(C)(=O)=O. The second kappa shape index (κ2) is 4.86. The van der Waals surface area contributed by atoms with Gasteiger partial charge in [-0.1, -0.05) is 29.8 Å². The van der Waals surface area contributed by atoms with Crippen molar-refractivity contribution in [2.24, 2.45) is 5.41 Å². The third-order valence-electron chi connectivity index (χ3n) is 3.94. The van der Waals surface area contributed by atoms with Gasteiger partial charge >= 0.3 is 5.97 Å². The Labute approximate surface area is 118 Å². The Morgan fingerprint density at radius 2 is 1.90 bits per heavy atom. The minimum Gasteiger partial charge on any atom is -0.481 e. The summed E-state index contributed by atoms with van der Waals surface area (Å²) in [5.74, 6) is -1.68. The molecule has 1 fully saturated rings. The van der Waals surface area contributed by atoms with Crippen molar-refractivity contribution in [3.63, 3.8) is 0 Å². The van der Waals surface area contributed by atoms with Gasteiger partial charge in [-0.3, -0.25) is 4.79 Å². The van der Waals surface area contributed by atoms with Crippen molar-refractivity contribution in [1.29, 1.82) is 0 Å². The van der Waals surface area contributed by atoms with E-state index in [1.807, 2.05) is 19.1 Å². The van der Waals surface area contributed by atoms with E-state index in [4.69, 9.17) is 4.74 Å². The molecule has 2 rings (SSSR count). The highest BCUT2D eigenvalue weighted by atomic mass is 32.2. The number of aryl methyl sites for hydroxylation is 1. The second-order valence-electron chi connectivity index (χ2n) is 5.42. The molecular weight excluding hydrogens is 280 g/mol. The molecule has 0 aromatic heterocycles. The molecular formula is C14H18O5S. The summed E-state index contributed by atoms with van der Waals surface area (Å²) < 4.78 is 28.8. The number of carboxylic acid groups (broad SMARTS) is 1. The number of carboxylic acids is 1. The van der Waals surface area contributed by atoms with Gasteiger partial charge in [-0.05, 0) is 12.5 Å². The molecule has 1 aromatic rings. The van der Waals surface area contributed by atoms with Crippen molar-refractivity contribution in [3.05, 3.63) is 35.4 Å². The third kappa shape index (κ3) is 2.23. The highest BCUT2D eigenvalue weighted by Crippen LogP contribution is 2.63. The number of aliphatic carboxylic acids is 1. The lowest BCUT2D eigenvalue weighted by molar-refractivity contribution is -0.145. The van der Waals surface area contributed by atoms with Crippen LogP contribution in [0.4, 0.5) is 0 Å². The smallest absolute Gasteiger partial charge is 0.314 e. The van der Waals surface area contributed by atoms with E-state index in [-0.39, 0.29) is 6.61 Å². The lowest BCUT2D eigenvalue weighted by Crippen LogP contribution is -2.28. The summed E-state index contributed by atoms with van der Waals surface area (Å²) in [6.45, 7) is 1.81. The van der Waals surface area contributed by atoms with Crippen molar-refractivity contribution >= 4 is 15.8 Å². The first-order chi connectivity index (χ1) is 9.25. The van der Waals surface area contributed by atoms with Crippen molar-refractivity contribution in [1.82, 2.24) is 0 Å². The van der Waals surface area contributed by atoms with Crippen LogP contribution in [0.5, 0.6) is 0 Å². The largest absolute Gasteiger partial charge is 0.481 e. The zero-order valence-corrected chi connectivity index (χ0v) is 12.5. The molecule has 0 heterocycles. The minimum atomic E-state index is -3.47. The van der Waals surface area contributed by atoms with Crippen molar-refractivity contribution < 1.29 is 23.1 Å². The van der Waals surface area contributed by atoms with Crippen molar-refractivity contribution in [2.45, 2.75) is 18.1 Å². The number of rotatable bonds is 5. The number of ether oxygens (including phenoxy) is 1. The summed E-state index contributed by atoms with van der Waals surface area (Å²) in [6.07, 6.45) is 1.08. The highest BCUT2D eigenvalue weighted by Gasteiger charge is 2.74. The molecule has 5 nitrogen and oxygen atoms in total. The molecule has 0 aliphatic heterocycles. The van der Waals surface area contributed by atoms with E-state index in [1.54, 1.807) is 12.1 Å². The summed E-state index contributed by atoms with van der Waals surface area (Å²) in [6, 6.07) is 7.29. The van der Waals surface area contributed by atoms with Gasteiger partial charge in [-0.2, -0.15) is 0 Å². The Hall–Kier alpha value is -1.40. The maximum Gasteiger partial charge on any atom is 0.314 e. The zero-order chi connectivity index (χ0) is 15.1. The first-order valence-corrected chi connectivity index (χ1v) is 8.18. The van der Waals surface area contributed by atoms with E-state index in [2.05, 4.69) is 0 Å². The molecule has 1 aliphatic carbocycles. The molecule has 0 bridgehead atoms. The topological polar surface area (TPSA) is 80.7 Å². The van der Waals surface area contributed by atoms with Crippen LogP contribution in [0.15, 0.2) is 24.3 Å². The zero-order valence-electron chi connectivity index (χ0n) is 11.7. The summed E-state index contributed by atoms with van der Waals surface area (Å²) in [5, 5.41) is 8.58. The van der Waals surface area contributed by atoms with E-state index in [9.17, 15) is 18.3 Å². The van der Waals surface area contributed by atoms with Crippen LogP contribution >= 0.6 is 0 Å². The van der Waals surface area contributed by atoms with Crippen LogP contribution in [-0.4, -0.2) is 44.7 Å². The summed E-state index contributed by atoms with van der Waals surface area (Å²) in [4.78, 5) is 11.6. The standard InChI is InChI=1S/C14H18O5S/c1-9-4-6-10(7-5-9)11-12(20(3,17)18)14(11,8-19-2)13(15)16/h4-7,11-12H,8H2,1-3H3,(H,15,16). The number of carbonyl (C=O) groups is 1. The summed E-state index contributed by atoms with van der Waals surface area (Å²) in [5.41, 5.74) is 0.390. The molecule has 0 saturated heterocycles. The monoisotopic (exact) mass is 298 g/mol. The van der Waals surface area contributed by atoms with Crippen LogP contribution < -0.4 is 0 Å². The molecule has 1 N–H and O–H groups in total. The Bertz CT molecular complexity index is 619. The van der Waals surface area contributed by atoms with Crippen LogP contribution in [0.1, 0.15) is 17.0 Å². The van der Waals surface area contributed by atoms with E-state index in [0.717, 1.165) is 17.4 Å². The highest BCUT2D eigenvalue weighted by molar-refractivity contribution is 7.91. The van der Waals surface area contributed by atoms with Gasteiger partial charge in [0.25, 0.3) is 0 Å². The quantitative estimate of drug-likeness (QED) is 0.884. The maximum atomic E-state index is 11.9. The van der Waals surface area contributed by atoms with E-state index < -0.39 is 32.4 Å². The van der Waals surface area contributed by atoms with Crippen molar-refractivity contribution in [2.75, 3.05) is 20.0 Å². The lowest BCUT2D eigenvalue weighted by Gasteiger charge is -2.11. The Kier molecular flexibility index (Phi) is 3.64. The predicted molar refractivity (Wildman–Crippen MR) is 74.5 cm³/mol. The fraction of sp³-hybridized carbons (Fsp3) is 0.500. The van der Waals surface area contributed by atoms with Gasteiger partial charge in [0.05, 0.1) is 11.9 Å². The van der Waals surface area contributed by atoms with E-state index >= 15 is 0 Å². The molecule has 3 atom stereocenters. The molecule has 0 spiro atoms. The second-order valence-corrected chi connectivity index (χ2v) is 7.58. The summed E-state index contributed by atoms with van der Waals surface area (Å²) in [7, 11) is -2.09. The van der Waals surface area contributed by atoms with Gasteiger partial charge in [-0.15, -0.1) is 0 Å². The normalized spacial score (nSPS) is 29.1. The van der Waals surface area contributed by atoms with E-state index in [0.29, 0.717) is 0 Å². The Morgan fingerprint density at radius 1 is 1.35 bits per heavy atom. The number of methoxy groups -OCH3 is 1. The first-order valence-electron chi connectivity index (χ1n) is 6.23. The molecule has 0 radical (unpaired) electrons. The molecule has 1 saturated carbocycles. The summed E-state index contributed by atoms with van der Waals surface area (Å²) >= 11 is 0. The van der Waals surface area contributed by atoms with Gasteiger partial charge < -0.3 is 9.84 Å². The predicted octanol–water partition coefficient (Wildman–Crippen LogP) is 1.22. The molecule has 3 unspecified atom stereocenters. The number of hydrogen-bond acceptors (Lipinski definition) is 4. The molecule has 110 valence electrons. The van der Waals surface area contributed by atoms with Crippen LogP contribution in [-0.2, 0) is 19.4 Å². The Balaban J connectivity index is 2.49. The molecule has 20 heavy (non-hydrogen) atoms. The van der Waals surface area contributed by atoms with Gasteiger partial charge in [0, 0.05) is 19.3 Å². The number of benzene rings is 1. The molecule has 1 aromatic carbocycles. The fourth-order valence-electron chi connectivity index (χ4n) is 3.01. The Morgan fingerprint density at radius 3 is 2.30 bits per heavy atom. The van der Waals surface area contributed by atoms with Crippen molar-refractivity contribution in [3.8, 4) is 0 Å². The van der Waals surface area contributed by atoms with Crippen LogP contribution in [0, 0.1) is 12.3 Å². The average Bonchev–Trinajstić information content (AvgIpc) is 3.01. The number of sulfone groups is 1. The van der Waals surface area contributed by atoms with Crippen LogP contribution in [0.2, 0.25) is 0 Å². The van der Waals surface area contributed by atoms with Crippen LogP contribution in [0.3, 0.4) is 0 Å². The lowest BCUT2D eigenvalue weighted by atomic mass is 9.99. The number of hydrogen-bond donors (Lipinski definition) is 1. The van der Waals surface area contributed by atoms with E-state index in [1.165, 1.54) is 7.11 Å². The maximum absolute atomic E-state index is 11.9. The molecule has 6 heteroatoms. The molecule has 0 amide bonds. The van der Waals surface area contributed by atoms with Gasteiger partial charge in [0.1, 0.15) is 5.41 Å². The minimum absolute atomic E-state index is 0.112. The van der Waals surface area contributed by atoms with Gasteiger partial charge in [-0.25, -0.2) is 8.42 Å². The average molecular weight is 298 g/mol.